The summed E-state index contributed by atoms with van der Waals surface area (Å²) in [5, 5.41) is 32.2. The molecule has 654 valence electrons. The normalized spacial score (nSPS) is 16.5. The number of nitrogens with zero attached hydrogens (tertiary/aromatic N) is 17. The molecule has 4 amide bonds. The van der Waals surface area contributed by atoms with E-state index in [-0.39, 0.29) is 17.7 Å². The van der Waals surface area contributed by atoms with Crippen LogP contribution in [0.2, 0.25) is 0 Å². The fourth-order valence-electron chi connectivity index (χ4n) is 19.9. The van der Waals surface area contributed by atoms with Crippen molar-refractivity contribution in [3.63, 3.8) is 0 Å². The number of hydrogen-bond acceptors (Lipinski definition) is 16. The van der Waals surface area contributed by atoms with Crippen LogP contribution in [0.15, 0.2) is 202 Å². The molecule has 12 aromatic rings. The fraction of sp³-hybridized carbons (Fsp3) is 0.426. The number of amides is 4. The van der Waals surface area contributed by atoms with Gasteiger partial charge in [-0.15, -0.1) is 0 Å². The molecule has 15 heterocycles. The highest BCUT2D eigenvalue weighted by atomic mass is 16.2. The predicted octanol–water partition coefficient (Wildman–Crippen LogP) is 14.9. The van der Waals surface area contributed by atoms with Gasteiger partial charge in [0, 0.05) is 250 Å². The third-order valence-electron chi connectivity index (χ3n) is 27.2. The van der Waals surface area contributed by atoms with Crippen molar-refractivity contribution in [2.75, 3.05) is 124 Å². The van der Waals surface area contributed by atoms with Gasteiger partial charge in [0.25, 0.3) is 0 Å². The van der Waals surface area contributed by atoms with E-state index in [9.17, 15) is 19.2 Å². The number of carbonyl (C=O) groups excluding carboxylic acids is 4. The number of benzene rings is 5. The van der Waals surface area contributed by atoms with Crippen LogP contribution < -0.4 is 19.6 Å². The van der Waals surface area contributed by atoms with Crippen LogP contribution in [0.3, 0.4) is 0 Å². The zero-order chi connectivity index (χ0) is 85.9. The molecule has 0 aliphatic carbocycles. The van der Waals surface area contributed by atoms with E-state index in [4.69, 9.17) is 0 Å². The lowest BCUT2D eigenvalue weighted by atomic mass is 9.95. The summed E-state index contributed by atoms with van der Waals surface area (Å²) in [4.78, 5) is 81.7. The number of aromatic amines is 4. The molecule has 7 aromatic heterocycles. The smallest absolute Gasteiger partial charge is 0.222 e. The lowest BCUT2D eigenvalue weighted by molar-refractivity contribution is -0.133. The monoisotopic (exact) mass is 1690 g/mol. The summed E-state index contributed by atoms with van der Waals surface area (Å²) < 4.78 is 1.79. The third kappa shape index (κ3) is 22.2. The van der Waals surface area contributed by atoms with Gasteiger partial charge in [-0.3, -0.25) is 59.2 Å². The van der Waals surface area contributed by atoms with E-state index in [1.807, 2.05) is 105 Å². The summed E-state index contributed by atoms with van der Waals surface area (Å²) in [5.41, 5.74) is 25.9. The average Bonchev–Trinajstić information content (AvgIpc) is 1.67. The highest BCUT2D eigenvalue weighted by Gasteiger charge is 2.33. The van der Waals surface area contributed by atoms with Gasteiger partial charge >= 0.3 is 0 Å². The Hall–Kier alpha value is -12.5. The molecule has 0 spiro atoms. The van der Waals surface area contributed by atoms with Crippen LogP contribution in [0.1, 0.15) is 134 Å². The maximum absolute atomic E-state index is 12.7. The minimum Gasteiger partial charge on any atom is -0.371 e. The molecule has 0 radical (unpaired) electrons. The van der Waals surface area contributed by atoms with Gasteiger partial charge in [0.15, 0.2) is 0 Å². The number of fused-ring (bicyclic) bond motifs is 4. The van der Waals surface area contributed by atoms with Crippen LogP contribution >= 0.6 is 0 Å². The topological polar surface area (TPSA) is 265 Å². The van der Waals surface area contributed by atoms with E-state index < -0.39 is 0 Å². The average molecular weight is 1690 g/mol. The molecule has 4 fully saturated rings. The molecule has 20 rings (SSSR count). The van der Waals surface area contributed by atoms with Gasteiger partial charge in [-0.1, -0.05) is 60.7 Å². The predicted molar refractivity (Wildman–Crippen MR) is 496 cm³/mol. The first-order valence-corrected chi connectivity index (χ1v) is 46.1. The van der Waals surface area contributed by atoms with Gasteiger partial charge in [-0.05, 0) is 250 Å². The molecule has 0 saturated carbocycles. The van der Waals surface area contributed by atoms with Crippen molar-refractivity contribution < 1.29 is 19.2 Å². The number of likely N-dealkylation sites (tertiary alicyclic amines) is 4. The second kappa shape index (κ2) is 41.5. The third-order valence-corrected chi connectivity index (χ3v) is 27.2. The maximum Gasteiger partial charge on any atom is 0.222 e. The Bertz CT molecular complexity index is 5490. The first kappa shape index (κ1) is 85.6. The van der Waals surface area contributed by atoms with Crippen LogP contribution in [-0.2, 0) is 77.6 Å². The maximum atomic E-state index is 12.7. The number of pyridine rings is 1. The molecule has 4 N–H and O–H groups in total. The lowest BCUT2D eigenvalue weighted by Crippen LogP contribution is -2.41. The largest absolute Gasteiger partial charge is 0.371 e. The Balaban J connectivity index is 0.000000119. The van der Waals surface area contributed by atoms with Crippen molar-refractivity contribution in [2.45, 2.75) is 142 Å². The summed E-state index contributed by atoms with van der Waals surface area (Å²) in [6.45, 7) is 17.8. The summed E-state index contributed by atoms with van der Waals surface area (Å²) in [6, 6.07) is 45.6. The van der Waals surface area contributed by atoms with E-state index in [0.29, 0.717) is 61.7 Å². The highest BCUT2D eigenvalue weighted by molar-refractivity contribution is 5.79. The SMILES string of the molecule is Cc1cccc(CCC(=O)N2CCC(CN3CCc4cc(-c5cn[nH]c5)ccc43)CC2)n1.Cn1ccc(CCC(=O)N2CCC(CN3CCc4cc(-c5cn[nH]c5)ccc43)CC2)n1.O=C(CCCc1ccccc1)N1CCC(CN2CCc3cc(-c4cn[nH]c4)ccc32)CC1.O=C(CCc1cnccn1)N1CCC(CN2CCc3cc(-c4cn[nH]c4)ccc32)CC1. The molecular formula is C101H121N21O4. The minimum absolute atomic E-state index is 0.238. The van der Waals surface area contributed by atoms with Crippen molar-refractivity contribution in [1.82, 2.24) is 85.1 Å². The second-order valence-electron chi connectivity index (χ2n) is 35.7. The van der Waals surface area contributed by atoms with E-state index in [1.54, 1.807) is 23.3 Å². The van der Waals surface area contributed by atoms with E-state index in [1.165, 1.54) is 72.8 Å². The number of rotatable bonds is 25. The number of anilines is 4. The zero-order valence-corrected chi connectivity index (χ0v) is 73.3. The van der Waals surface area contributed by atoms with Gasteiger partial charge in [0.05, 0.1) is 36.2 Å². The van der Waals surface area contributed by atoms with Crippen molar-refractivity contribution in [3.05, 3.63) is 252 Å². The summed E-state index contributed by atoms with van der Waals surface area (Å²) in [6.07, 6.45) is 41.8. The van der Waals surface area contributed by atoms with E-state index in [2.05, 4.69) is 192 Å². The summed E-state index contributed by atoms with van der Waals surface area (Å²) in [7, 11) is 1.91. The van der Waals surface area contributed by atoms with Crippen molar-refractivity contribution in [2.24, 2.45) is 30.7 Å². The molecule has 25 heteroatoms. The van der Waals surface area contributed by atoms with Gasteiger partial charge in [-0.25, -0.2) is 0 Å². The highest BCUT2D eigenvalue weighted by Crippen LogP contribution is 2.39. The van der Waals surface area contributed by atoms with Crippen LogP contribution in [0.25, 0.3) is 44.5 Å². The summed E-state index contributed by atoms with van der Waals surface area (Å²) >= 11 is 0. The van der Waals surface area contributed by atoms with E-state index in [0.717, 1.165) is 252 Å². The van der Waals surface area contributed by atoms with E-state index >= 15 is 0 Å². The van der Waals surface area contributed by atoms with Crippen LogP contribution in [-0.4, -0.2) is 213 Å². The molecule has 8 aliphatic heterocycles. The van der Waals surface area contributed by atoms with Crippen LogP contribution in [0.5, 0.6) is 0 Å². The van der Waals surface area contributed by atoms with Crippen molar-refractivity contribution in [1.29, 1.82) is 0 Å². The lowest BCUT2D eigenvalue weighted by Gasteiger charge is -2.34. The molecular weight excluding hydrogens is 1570 g/mol. The number of hydrogen-bond donors (Lipinski definition) is 4. The first-order chi connectivity index (χ1) is 61.8. The molecule has 8 aliphatic rings. The molecule has 0 atom stereocenters. The van der Waals surface area contributed by atoms with Crippen LogP contribution in [0.4, 0.5) is 22.7 Å². The van der Waals surface area contributed by atoms with Crippen molar-refractivity contribution >= 4 is 46.4 Å². The number of aromatic nitrogens is 13. The molecule has 0 bridgehead atoms. The standard InChI is InChI=1S/C27H32N4O.C26H31N5O.C24H30N6O.C24H28N6O/c32-27(8-4-7-21-5-2-1-3-6-21)30-14-11-22(12-15-30)20-31-16-13-24-17-23(9-10-26(24)31)25-18-28-29-19-25;1-19-3-2-4-24(29-19)6-8-26(32)30-12-9-20(10-13-30)18-31-14-11-22-15-21(5-7-25(22)31)23-16-27-28-17-23;1-28-10-9-22(27-28)3-5-24(31)29-11-6-18(7-12-29)17-30-13-8-20-14-19(2-4-23(20)30)21-15-25-26-16-21;31-24(4-2-22-16-25-8-9-26-22)29-10-5-18(6-11-29)17-30-12-7-20-13-19(1-3-23(20)30)21-14-27-28-15-21/h1-3,5-6,9-10,17-19,22H,4,7-8,11-16,20H2,(H,28,29);2-5,7,15-17,20H,6,8-14,18H2,1H3,(H,27,28);2,4,9-10,14-16,18H,3,5-8,11-13,17H2,1H3,(H,25,26);1,3,8-9,13-16,18H,2,4-7,10-12,17H2,(H,27,28). The number of aryl methyl sites for hydroxylation is 6. The molecule has 126 heavy (non-hydrogen) atoms. The number of piperidine rings is 4. The Kier molecular flexibility index (Phi) is 28.2. The molecule has 0 unspecified atom stereocenters. The first-order valence-electron chi connectivity index (χ1n) is 46.1. The molecule has 25 nitrogen and oxygen atoms in total. The van der Waals surface area contributed by atoms with Gasteiger partial charge in [0.2, 0.25) is 23.6 Å². The number of nitrogens with one attached hydrogen (secondary N) is 4. The molecule has 5 aromatic carbocycles. The number of H-pyrrole nitrogens is 4. The minimum atomic E-state index is 0.238. The Labute approximate surface area is 740 Å². The second-order valence-corrected chi connectivity index (χ2v) is 35.7. The number of carbonyl (C=O) groups is 4. The molecule has 4 saturated heterocycles. The Morgan fingerprint density at radius 2 is 0.722 bits per heavy atom. The van der Waals surface area contributed by atoms with Gasteiger partial charge in [-0.2, -0.15) is 25.5 Å². The fourth-order valence-corrected chi connectivity index (χ4v) is 19.9. The quantitative estimate of drug-likeness (QED) is 0.0414. The van der Waals surface area contributed by atoms with Gasteiger partial charge in [0.1, 0.15) is 0 Å². The van der Waals surface area contributed by atoms with Crippen molar-refractivity contribution in [3.8, 4) is 44.5 Å². The zero-order valence-electron chi connectivity index (χ0n) is 73.3. The van der Waals surface area contributed by atoms with Gasteiger partial charge < -0.3 is 39.2 Å². The Morgan fingerprint density at radius 1 is 0.357 bits per heavy atom. The van der Waals surface area contributed by atoms with Crippen LogP contribution in [0, 0.1) is 30.6 Å². The Morgan fingerprint density at radius 3 is 1.06 bits per heavy atom. The summed E-state index contributed by atoms with van der Waals surface area (Å²) in [5.74, 6) is 3.72.